The monoisotopic (exact) mass is 499 g/mol. The van der Waals surface area contributed by atoms with Gasteiger partial charge in [0, 0.05) is 60.7 Å². The van der Waals surface area contributed by atoms with E-state index in [2.05, 4.69) is 48.1 Å². The number of hydrogen-bond donors (Lipinski definition) is 1. The molecule has 0 unspecified atom stereocenters. The van der Waals surface area contributed by atoms with Crippen LogP contribution in [0.4, 0.5) is 17.3 Å². The van der Waals surface area contributed by atoms with Gasteiger partial charge in [-0.05, 0) is 62.2 Å². The highest BCUT2D eigenvalue weighted by atomic mass is 35.5. The molecule has 5 rings (SSSR count). The first-order chi connectivity index (χ1) is 17.4. The third kappa shape index (κ3) is 5.60. The molecule has 2 aromatic heterocycles. The Morgan fingerprint density at radius 1 is 0.944 bits per heavy atom. The van der Waals surface area contributed by atoms with Crippen molar-refractivity contribution in [3.05, 3.63) is 88.7 Å². The molecule has 0 saturated carbocycles. The molecular formula is C29H30ClN5O. The molecule has 1 aliphatic rings. The molecule has 6 nitrogen and oxygen atoms in total. The standard InChI is InChI=1S/C29H30ClN5O/c1-19-14-20(2)28(21(3)15-19)32-26-17-27(34-29(33-26)22-6-5-11-31-18-22)35-12-9-24(10-13-35)36-25-8-4-7-23(30)16-25/h4-8,11,14-18,24H,9-10,12-13H2,1-3H3,(H,32,33,34). The molecule has 1 fully saturated rings. The van der Waals surface area contributed by atoms with E-state index >= 15 is 0 Å². The smallest absolute Gasteiger partial charge is 0.165 e. The van der Waals surface area contributed by atoms with Crippen LogP contribution in [0.25, 0.3) is 11.4 Å². The van der Waals surface area contributed by atoms with E-state index in [0.29, 0.717) is 10.8 Å². The topological polar surface area (TPSA) is 63.2 Å². The number of anilines is 3. The molecule has 0 radical (unpaired) electrons. The molecule has 36 heavy (non-hydrogen) atoms. The SMILES string of the molecule is Cc1cc(C)c(Nc2cc(N3CCC(Oc4cccc(Cl)c4)CC3)nc(-c3cccnc3)n2)c(C)c1. The Morgan fingerprint density at radius 3 is 2.42 bits per heavy atom. The summed E-state index contributed by atoms with van der Waals surface area (Å²) in [5.74, 6) is 3.14. The van der Waals surface area contributed by atoms with Crippen molar-refractivity contribution >= 4 is 28.9 Å². The van der Waals surface area contributed by atoms with Crippen molar-refractivity contribution in [2.24, 2.45) is 0 Å². The Hall–Kier alpha value is -3.64. The fourth-order valence-corrected chi connectivity index (χ4v) is 4.91. The van der Waals surface area contributed by atoms with E-state index in [0.717, 1.165) is 54.6 Å². The summed E-state index contributed by atoms with van der Waals surface area (Å²) in [5.41, 5.74) is 5.59. The van der Waals surface area contributed by atoms with Crippen LogP contribution >= 0.6 is 11.6 Å². The van der Waals surface area contributed by atoms with Gasteiger partial charge < -0.3 is 15.0 Å². The summed E-state index contributed by atoms with van der Waals surface area (Å²) in [7, 11) is 0. The number of pyridine rings is 1. The molecule has 1 aliphatic heterocycles. The second-order valence-electron chi connectivity index (χ2n) is 9.34. The van der Waals surface area contributed by atoms with E-state index in [1.807, 2.05) is 42.5 Å². The average Bonchev–Trinajstić information content (AvgIpc) is 2.87. The molecule has 3 heterocycles. The molecule has 4 aromatic rings. The van der Waals surface area contributed by atoms with E-state index in [4.69, 9.17) is 26.3 Å². The van der Waals surface area contributed by atoms with Crippen molar-refractivity contribution in [2.45, 2.75) is 39.7 Å². The summed E-state index contributed by atoms with van der Waals surface area (Å²) in [4.78, 5) is 16.4. The normalized spacial score (nSPS) is 14.1. The van der Waals surface area contributed by atoms with Crippen molar-refractivity contribution in [1.29, 1.82) is 0 Å². The number of aromatic nitrogens is 3. The zero-order valence-corrected chi connectivity index (χ0v) is 21.6. The summed E-state index contributed by atoms with van der Waals surface area (Å²) in [6.45, 7) is 8.05. The molecule has 1 N–H and O–H groups in total. The van der Waals surface area contributed by atoms with E-state index in [1.165, 1.54) is 16.7 Å². The van der Waals surface area contributed by atoms with Crippen LogP contribution in [0.2, 0.25) is 5.02 Å². The quantitative estimate of drug-likeness (QED) is 0.311. The highest BCUT2D eigenvalue weighted by Gasteiger charge is 2.23. The first-order valence-corrected chi connectivity index (χ1v) is 12.6. The lowest BCUT2D eigenvalue weighted by Gasteiger charge is -2.33. The van der Waals surface area contributed by atoms with Crippen molar-refractivity contribution in [3.63, 3.8) is 0 Å². The minimum Gasteiger partial charge on any atom is -0.490 e. The molecular weight excluding hydrogens is 470 g/mol. The summed E-state index contributed by atoms with van der Waals surface area (Å²) < 4.78 is 6.19. The van der Waals surface area contributed by atoms with E-state index < -0.39 is 0 Å². The van der Waals surface area contributed by atoms with Gasteiger partial charge in [-0.25, -0.2) is 9.97 Å². The lowest BCUT2D eigenvalue weighted by molar-refractivity contribution is 0.171. The lowest BCUT2D eigenvalue weighted by Crippen LogP contribution is -2.38. The van der Waals surface area contributed by atoms with Gasteiger partial charge in [-0.1, -0.05) is 35.4 Å². The molecule has 184 valence electrons. The number of benzene rings is 2. The highest BCUT2D eigenvalue weighted by molar-refractivity contribution is 6.30. The number of ether oxygens (including phenoxy) is 1. The fraction of sp³-hybridized carbons (Fsp3) is 0.276. The third-order valence-electron chi connectivity index (χ3n) is 6.43. The molecule has 2 aromatic carbocycles. The number of nitrogens with zero attached hydrogens (tertiary/aromatic N) is 4. The number of rotatable bonds is 6. The number of halogens is 1. The zero-order valence-electron chi connectivity index (χ0n) is 20.8. The Kier molecular flexibility index (Phi) is 7.05. The number of nitrogens with one attached hydrogen (secondary N) is 1. The van der Waals surface area contributed by atoms with Gasteiger partial charge in [-0.2, -0.15) is 0 Å². The maximum absolute atomic E-state index is 6.19. The van der Waals surface area contributed by atoms with Crippen LogP contribution in [0.1, 0.15) is 29.5 Å². The van der Waals surface area contributed by atoms with Gasteiger partial charge in [0.25, 0.3) is 0 Å². The van der Waals surface area contributed by atoms with Gasteiger partial charge in [-0.3, -0.25) is 4.98 Å². The van der Waals surface area contributed by atoms with Crippen LogP contribution in [0.5, 0.6) is 5.75 Å². The molecule has 7 heteroatoms. The van der Waals surface area contributed by atoms with Gasteiger partial charge in [0.2, 0.25) is 0 Å². The maximum Gasteiger partial charge on any atom is 0.165 e. The van der Waals surface area contributed by atoms with Crippen molar-refractivity contribution in [1.82, 2.24) is 15.0 Å². The zero-order chi connectivity index (χ0) is 25.1. The summed E-state index contributed by atoms with van der Waals surface area (Å²) in [6, 6.07) is 17.9. The molecule has 0 aliphatic carbocycles. The largest absolute Gasteiger partial charge is 0.490 e. The predicted octanol–water partition coefficient (Wildman–Crippen LogP) is 6.91. The molecule has 0 amide bonds. The number of piperidine rings is 1. The van der Waals surface area contributed by atoms with Crippen LogP contribution in [-0.2, 0) is 0 Å². The number of hydrogen-bond acceptors (Lipinski definition) is 6. The van der Waals surface area contributed by atoms with Crippen molar-refractivity contribution in [3.8, 4) is 17.1 Å². The van der Waals surface area contributed by atoms with Crippen LogP contribution in [0.3, 0.4) is 0 Å². The van der Waals surface area contributed by atoms with Crippen molar-refractivity contribution in [2.75, 3.05) is 23.3 Å². The lowest BCUT2D eigenvalue weighted by atomic mass is 10.1. The summed E-state index contributed by atoms with van der Waals surface area (Å²) >= 11 is 6.12. The third-order valence-corrected chi connectivity index (χ3v) is 6.66. The van der Waals surface area contributed by atoms with Gasteiger partial charge in [0.1, 0.15) is 23.5 Å². The first kappa shape index (κ1) is 24.1. The van der Waals surface area contributed by atoms with Crippen LogP contribution in [-0.4, -0.2) is 34.1 Å². The molecule has 0 bridgehead atoms. The van der Waals surface area contributed by atoms with Gasteiger partial charge >= 0.3 is 0 Å². The minimum atomic E-state index is 0.148. The fourth-order valence-electron chi connectivity index (χ4n) is 4.73. The summed E-state index contributed by atoms with van der Waals surface area (Å²) in [6.07, 6.45) is 5.51. The van der Waals surface area contributed by atoms with Crippen LogP contribution in [0.15, 0.2) is 67.0 Å². The Balaban J connectivity index is 1.39. The van der Waals surface area contributed by atoms with E-state index in [9.17, 15) is 0 Å². The van der Waals surface area contributed by atoms with E-state index in [1.54, 1.807) is 12.4 Å². The van der Waals surface area contributed by atoms with Gasteiger partial charge in [0.05, 0.1) is 0 Å². The molecule has 0 spiro atoms. The Morgan fingerprint density at radius 2 is 1.72 bits per heavy atom. The average molecular weight is 500 g/mol. The van der Waals surface area contributed by atoms with Gasteiger partial charge in [0.15, 0.2) is 5.82 Å². The Bertz CT molecular complexity index is 1330. The van der Waals surface area contributed by atoms with Crippen LogP contribution < -0.4 is 15.0 Å². The van der Waals surface area contributed by atoms with Crippen LogP contribution in [0, 0.1) is 20.8 Å². The second-order valence-corrected chi connectivity index (χ2v) is 9.77. The highest BCUT2D eigenvalue weighted by Crippen LogP contribution is 2.30. The Labute approximate surface area is 217 Å². The van der Waals surface area contributed by atoms with E-state index in [-0.39, 0.29) is 6.10 Å². The van der Waals surface area contributed by atoms with Crippen molar-refractivity contribution < 1.29 is 4.74 Å². The summed E-state index contributed by atoms with van der Waals surface area (Å²) in [5, 5.41) is 4.26. The molecule has 0 atom stereocenters. The first-order valence-electron chi connectivity index (χ1n) is 12.3. The molecule has 1 saturated heterocycles. The predicted molar refractivity (Wildman–Crippen MR) is 147 cm³/mol. The van der Waals surface area contributed by atoms with Gasteiger partial charge in [-0.15, -0.1) is 0 Å². The second kappa shape index (κ2) is 10.5. The number of aryl methyl sites for hydroxylation is 3. The minimum absolute atomic E-state index is 0.148. The maximum atomic E-state index is 6.19.